The van der Waals surface area contributed by atoms with E-state index in [1.807, 2.05) is 26.0 Å². The smallest absolute Gasteiger partial charge is 0.140 e. The number of fused-ring (bicyclic) bond motifs is 1. The van der Waals surface area contributed by atoms with Crippen LogP contribution in [-0.4, -0.2) is 20.1 Å². The molecular weight excluding hydrogens is 226 g/mol. The molecule has 0 radical (unpaired) electrons. The molecule has 0 bridgehead atoms. The third-order valence-corrected chi connectivity index (χ3v) is 2.95. The molecule has 4 heteroatoms. The first kappa shape index (κ1) is 10.8. The Balaban J connectivity index is 2.19. The van der Waals surface area contributed by atoms with Gasteiger partial charge >= 0.3 is 0 Å². The van der Waals surface area contributed by atoms with Crippen molar-refractivity contribution in [2.45, 2.75) is 13.8 Å². The summed E-state index contributed by atoms with van der Waals surface area (Å²) in [5, 5.41) is 9.44. The Morgan fingerprint density at radius 3 is 2.67 bits per heavy atom. The maximum Gasteiger partial charge on any atom is 0.140 e. The van der Waals surface area contributed by atoms with Gasteiger partial charge in [0.25, 0.3) is 0 Å². The average Bonchev–Trinajstić information content (AvgIpc) is 2.71. The molecule has 0 saturated carbocycles. The number of aryl methyl sites for hydroxylation is 2. The fourth-order valence-electron chi connectivity index (χ4n) is 2.06. The fourth-order valence-corrected chi connectivity index (χ4v) is 2.06. The number of benzene rings is 1. The number of aromatic hydroxyl groups is 1. The Kier molecular flexibility index (Phi) is 2.30. The highest BCUT2D eigenvalue weighted by Gasteiger charge is 2.09. The van der Waals surface area contributed by atoms with Crippen LogP contribution < -0.4 is 0 Å². The molecule has 0 fully saturated rings. The van der Waals surface area contributed by atoms with Crippen molar-refractivity contribution < 1.29 is 5.11 Å². The molecule has 0 atom stereocenters. The van der Waals surface area contributed by atoms with E-state index in [1.165, 1.54) is 0 Å². The Hall–Kier alpha value is -2.36. The Bertz CT molecular complexity index is 731. The number of rotatable bonds is 1. The minimum absolute atomic E-state index is 0.233. The van der Waals surface area contributed by atoms with Crippen LogP contribution in [0.15, 0.2) is 30.3 Å². The van der Waals surface area contributed by atoms with Crippen LogP contribution in [0.5, 0.6) is 5.75 Å². The Morgan fingerprint density at radius 1 is 1.06 bits per heavy atom. The van der Waals surface area contributed by atoms with Gasteiger partial charge in [0.05, 0.1) is 11.0 Å². The molecule has 90 valence electrons. The van der Waals surface area contributed by atoms with E-state index < -0.39 is 0 Å². The number of nitrogens with zero attached hydrogens (tertiary/aromatic N) is 2. The third-order valence-electron chi connectivity index (χ3n) is 2.95. The van der Waals surface area contributed by atoms with Gasteiger partial charge in [-0.3, -0.25) is 4.98 Å². The summed E-state index contributed by atoms with van der Waals surface area (Å²) < 4.78 is 0. The molecule has 0 unspecified atom stereocenters. The zero-order valence-electron chi connectivity index (χ0n) is 10.2. The second kappa shape index (κ2) is 3.84. The van der Waals surface area contributed by atoms with Crippen LogP contribution in [0.1, 0.15) is 11.4 Å². The van der Waals surface area contributed by atoms with E-state index in [9.17, 15) is 5.11 Å². The van der Waals surface area contributed by atoms with Gasteiger partial charge in [-0.05, 0) is 38.1 Å². The van der Waals surface area contributed by atoms with Crippen LogP contribution >= 0.6 is 0 Å². The number of nitrogens with one attached hydrogen (secondary N) is 1. The summed E-state index contributed by atoms with van der Waals surface area (Å²) in [7, 11) is 0. The van der Waals surface area contributed by atoms with E-state index >= 15 is 0 Å². The zero-order valence-corrected chi connectivity index (χ0v) is 10.2. The Morgan fingerprint density at radius 2 is 1.89 bits per heavy atom. The van der Waals surface area contributed by atoms with Crippen molar-refractivity contribution in [2.75, 3.05) is 0 Å². The number of aromatic nitrogens is 3. The molecule has 0 amide bonds. The van der Waals surface area contributed by atoms with Gasteiger partial charge in [-0.2, -0.15) is 0 Å². The number of hydrogen-bond donors (Lipinski definition) is 2. The van der Waals surface area contributed by atoms with Gasteiger partial charge < -0.3 is 10.1 Å². The molecule has 2 aromatic heterocycles. The number of phenolic OH excluding ortho intramolecular Hbond substituents is 1. The van der Waals surface area contributed by atoms with Crippen molar-refractivity contribution in [1.29, 1.82) is 0 Å². The molecular formula is C14H13N3O. The minimum Gasteiger partial charge on any atom is -0.508 e. The highest BCUT2D eigenvalue weighted by atomic mass is 16.3. The Labute approximate surface area is 104 Å². The summed E-state index contributed by atoms with van der Waals surface area (Å²) >= 11 is 0. The second-order valence-electron chi connectivity index (χ2n) is 4.37. The molecule has 0 aliphatic rings. The standard InChI is InChI=1S/C14H13N3O/c1-8-3-5-11(9(2)15-8)14-16-12-6-4-10(18)7-13(12)17-14/h3-7,18H,1-2H3,(H,16,17). The molecule has 0 saturated heterocycles. The molecule has 0 aliphatic carbocycles. The highest BCUT2D eigenvalue weighted by molar-refractivity contribution is 5.80. The van der Waals surface area contributed by atoms with Crippen LogP contribution in [0, 0.1) is 13.8 Å². The van der Waals surface area contributed by atoms with Crippen LogP contribution in [0.3, 0.4) is 0 Å². The van der Waals surface area contributed by atoms with Crippen molar-refractivity contribution in [3.05, 3.63) is 41.7 Å². The maximum absolute atomic E-state index is 9.44. The monoisotopic (exact) mass is 239 g/mol. The lowest BCUT2D eigenvalue weighted by atomic mass is 10.2. The quantitative estimate of drug-likeness (QED) is 0.686. The predicted molar refractivity (Wildman–Crippen MR) is 70.5 cm³/mol. The molecule has 4 nitrogen and oxygen atoms in total. The van der Waals surface area contributed by atoms with Crippen molar-refractivity contribution in [3.63, 3.8) is 0 Å². The van der Waals surface area contributed by atoms with E-state index in [0.717, 1.165) is 33.8 Å². The molecule has 3 aromatic rings. The van der Waals surface area contributed by atoms with E-state index in [0.29, 0.717) is 0 Å². The third kappa shape index (κ3) is 1.72. The van der Waals surface area contributed by atoms with E-state index in [-0.39, 0.29) is 5.75 Å². The fraction of sp³-hybridized carbons (Fsp3) is 0.143. The van der Waals surface area contributed by atoms with Crippen molar-refractivity contribution in [1.82, 2.24) is 15.0 Å². The lowest BCUT2D eigenvalue weighted by Crippen LogP contribution is -1.91. The SMILES string of the molecule is Cc1ccc(-c2nc3ccc(O)cc3[nH]2)c(C)n1. The number of hydrogen-bond acceptors (Lipinski definition) is 3. The summed E-state index contributed by atoms with van der Waals surface area (Å²) in [6.45, 7) is 3.93. The molecule has 1 aromatic carbocycles. The topological polar surface area (TPSA) is 61.8 Å². The average molecular weight is 239 g/mol. The van der Waals surface area contributed by atoms with Crippen LogP contribution in [-0.2, 0) is 0 Å². The molecule has 0 spiro atoms. The maximum atomic E-state index is 9.44. The van der Waals surface area contributed by atoms with Crippen molar-refractivity contribution in [3.8, 4) is 17.1 Å². The zero-order chi connectivity index (χ0) is 12.7. The van der Waals surface area contributed by atoms with Gasteiger partial charge in [0.1, 0.15) is 11.6 Å². The van der Waals surface area contributed by atoms with Gasteiger partial charge in [-0.25, -0.2) is 4.98 Å². The highest BCUT2D eigenvalue weighted by Crippen LogP contribution is 2.24. The second-order valence-corrected chi connectivity index (χ2v) is 4.37. The number of pyridine rings is 1. The van der Waals surface area contributed by atoms with Gasteiger partial charge in [-0.1, -0.05) is 0 Å². The summed E-state index contributed by atoms with van der Waals surface area (Å²) in [6, 6.07) is 9.07. The predicted octanol–water partition coefficient (Wildman–Crippen LogP) is 2.95. The van der Waals surface area contributed by atoms with Crippen LogP contribution in [0.4, 0.5) is 0 Å². The summed E-state index contributed by atoms with van der Waals surface area (Å²) in [6.07, 6.45) is 0. The molecule has 2 heterocycles. The van der Waals surface area contributed by atoms with Gasteiger partial charge in [0.2, 0.25) is 0 Å². The summed E-state index contributed by atoms with van der Waals surface area (Å²) in [5.41, 5.74) is 4.58. The number of aromatic amines is 1. The number of phenols is 1. The minimum atomic E-state index is 0.233. The summed E-state index contributed by atoms with van der Waals surface area (Å²) in [5.74, 6) is 1.01. The van der Waals surface area contributed by atoms with Crippen LogP contribution in [0.2, 0.25) is 0 Å². The lowest BCUT2D eigenvalue weighted by Gasteiger charge is -2.02. The summed E-state index contributed by atoms with van der Waals surface area (Å²) in [4.78, 5) is 12.1. The van der Waals surface area contributed by atoms with Crippen molar-refractivity contribution in [2.24, 2.45) is 0 Å². The first-order valence-corrected chi connectivity index (χ1v) is 5.77. The van der Waals surface area contributed by atoms with Gasteiger partial charge in [-0.15, -0.1) is 0 Å². The van der Waals surface area contributed by atoms with Gasteiger partial charge in [0.15, 0.2) is 0 Å². The molecule has 2 N–H and O–H groups in total. The first-order chi connectivity index (χ1) is 8.63. The normalized spacial score (nSPS) is 11.0. The van der Waals surface area contributed by atoms with Gasteiger partial charge in [0, 0.05) is 23.0 Å². The molecule has 0 aliphatic heterocycles. The van der Waals surface area contributed by atoms with E-state index in [2.05, 4.69) is 15.0 Å². The largest absolute Gasteiger partial charge is 0.508 e. The number of imidazole rings is 1. The van der Waals surface area contributed by atoms with E-state index in [1.54, 1.807) is 18.2 Å². The first-order valence-electron chi connectivity index (χ1n) is 5.77. The molecule has 3 rings (SSSR count). The molecule has 18 heavy (non-hydrogen) atoms. The van der Waals surface area contributed by atoms with E-state index in [4.69, 9.17) is 0 Å². The lowest BCUT2D eigenvalue weighted by molar-refractivity contribution is 0.476. The number of H-pyrrole nitrogens is 1. The van der Waals surface area contributed by atoms with Crippen LogP contribution in [0.25, 0.3) is 22.4 Å². The van der Waals surface area contributed by atoms with Crippen molar-refractivity contribution >= 4 is 11.0 Å².